The van der Waals surface area contributed by atoms with Gasteiger partial charge >= 0.3 is 5.69 Å². The molecule has 8 nitrogen and oxygen atoms in total. The number of hydrogen-bond donors (Lipinski definition) is 3. The van der Waals surface area contributed by atoms with Crippen molar-refractivity contribution in [3.63, 3.8) is 0 Å². The molecule has 1 fully saturated rings. The van der Waals surface area contributed by atoms with E-state index in [9.17, 15) is 9.90 Å². The van der Waals surface area contributed by atoms with Crippen molar-refractivity contribution in [1.82, 2.24) is 9.55 Å². The van der Waals surface area contributed by atoms with Gasteiger partial charge in [-0.15, -0.1) is 0 Å². The van der Waals surface area contributed by atoms with Crippen LogP contribution in [0.15, 0.2) is 17.1 Å². The molecule has 1 saturated heterocycles. The van der Waals surface area contributed by atoms with Crippen LogP contribution in [0.25, 0.3) is 0 Å². The van der Waals surface area contributed by atoms with Crippen molar-refractivity contribution < 1.29 is 19.8 Å². The summed E-state index contributed by atoms with van der Waals surface area (Å²) in [4.78, 5) is 19.4. The Hall–Kier alpha value is -1.48. The Morgan fingerprint density at radius 1 is 1.71 bits per heavy atom. The lowest BCUT2D eigenvalue weighted by Crippen LogP contribution is -2.28. The molecular formula is C9H13N3O5. The highest BCUT2D eigenvalue weighted by Gasteiger charge is 2.34. The third-order valence-corrected chi connectivity index (χ3v) is 2.62. The maximum absolute atomic E-state index is 11.6. The molecule has 0 radical (unpaired) electrons. The van der Waals surface area contributed by atoms with Gasteiger partial charge in [0, 0.05) is 18.7 Å². The first-order chi connectivity index (χ1) is 8.15. The Labute approximate surface area is 96.2 Å². The van der Waals surface area contributed by atoms with Gasteiger partial charge in [-0.25, -0.2) is 4.79 Å². The zero-order chi connectivity index (χ0) is 12.4. The molecule has 2 rings (SSSR count). The number of aromatic nitrogens is 2. The van der Waals surface area contributed by atoms with Crippen molar-refractivity contribution in [3.05, 3.63) is 22.7 Å². The van der Waals surface area contributed by atoms with E-state index in [1.807, 2.05) is 0 Å². The highest BCUT2D eigenvalue weighted by Crippen LogP contribution is 2.27. The SMILES string of the molecule is NOc1ccn([C@H]2C[C@@H](O)[C@@H](CO)O2)c(=O)n1. The van der Waals surface area contributed by atoms with Crippen LogP contribution in [-0.4, -0.2) is 38.6 Å². The summed E-state index contributed by atoms with van der Waals surface area (Å²) in [5, 5.41) is 18.5. The van der Waals surface area contributed by atoms with Crippen LogP contribution in [0, 0.1) is 0 Å². The summed E-state index contributed by atoms with van der Waals surface area (Å²) < 4.78 is 6.52. The average Bonchev–Trinajstić information content (AvgIpc) is 2.70. The molecule has 0 amide bonds. The first kappa shape index (κ1) is 12.0. The third-order valence-electron chi connectivity index (χ3n) is 2.62. The van der Waals surface area contributed by atoms with Gasteiger partial charge in [0.05, 0.1) is 12.7 Å². The van der Waals surface area contributed by atoms with Crippen molar-refractivity contribution in [2.24, 2.45) is 5.90 Å². The lowest BCUT2D eigenvalue weighted by molar-refractivity contribution is -0.0459. The molecule has 1 aliphatic heterocycles. The molecule has 0 spiro atoms. The van der Waals surface area contributed by atoms with Gasteiger partial charge in [0.2, 0.25) is 5.88 Å². The second kappa shape index (κ2) is 4.80. The molecule has 1 aromatic heterocycles. The first-order valence-electron chi connectivity index (χ1n) is 5.06. The molecule has 0 aliphatic carbocycles. The van der Waals surface area contributed by atoms with E-state index in [0.29, 0.717) is 0 Å². The van der Waals surface area contributed by atoms with Crippen LogP contribution >= 0.6 is 0 Å². The normalized spacial score (nSPS) is 28.3. The maximum Gasteiger partial charge on any atom is 0.353 e. The van der Waals surface area contributed by atoms with Crippen LogP contribution in [-0.2, 0) is 4.74 Å². The molecule has 17 heavy (non-hydrogen) atoms. The topological polar surface area (TPSA) is 120 Å². The molecule has 94 valence electrons. The highest BCUT2D eigenvalue weighted by atomic mass is 16.6. The van der Waals surface area contributed by atoms with Crippen molar-refractivity contribution in [3.8, 4) is 5.88 Å². The summed E-state index contributed by atoms with van der Waals surface area (Å²) >= 11 is 0. The molecule has 1 aliphatic rings. The predicted octanol–water partition coefficient (Wildman–Crippen LogP) is -1.86. The number of nitrogens with zero attached hydrogens (tertiary/aromatic N) is 2. The lowest BCUT2D eigenvalue weighted by atomic mass is 10.2. The summed E-state index contributed by atoms with van der Waals surface area (Å²) in [5.41, 5.74) is -0.594. The van der Waals surface area contributed by atoms with Crippen molar-refractivity contribution in [2.75, 3.05) is 6.61 Å². The Morgan fingerprint density at radius 2 is 2.47 bits per heavy atom. The van der Waals surface area contributed by atoms with Gasteiger partial charge < -0.3 is 19.8 Å². The summed E-state index contributed by atoms with van der Waals surface area (Å²) in [5.74, 6) is 4.88. The zero-order valence-corrected chi connectivity index (χ0v) is 8.89. The summed E-state index contributed by atoms with van der Waals surface area (Å²) in [7, 11) is 0. The summed E-state index contributed by atoms with van der Waals surface area (Å²) in [6.45, 7) is -0.302. The number of hydrogen-bond acceptors (Lipinski definition) is 7. The van der Waals surface area contributed by atoms with E-state index in [1.54, 1.807) is 0 Å². The van der Waals surface area contributed by atoms with E-state index in [-0.39, 0.29) is 18.9 Å². The largest absolute Gasteiger partial charge is 0.394 e. The van der Waals surface area contributed by atoms with E-state index in [2.05, 4.69) is 9.82 Å². The minimum Gasteiger partial charge on any atom is -0.394 e. The van der Waals surface area contributed by atoms with Crippen molar-refractivity contribution >= 4 is 0 Å². The van der Waals surface area contributed by atoms with Gasteiger partial charge in [-0.1, -0.05) is 0 Å². The van der Waals surface area contributed by atoms with Gasteiger partial charge in [-0.2, -0.15) is 10.9 Å². The fourth-order valence-electron chi connectivity index (χ4n) is 1.73. The second-order valence-corrected chi connectivity index (χ2v) is 3.69. The van der Waals surface area contributed by atoms with E-state index >= 15 is 0 Å². The van der Waals surface area contributed by atoms with Crippen LogP contribution in [0.3, 0.4) is 0 Å². The average molecular weight is 243 g/mol. The van der Waals surface area contributed by atoms with E-state index in [0.717, 1.165) is 0 Å². The van der Waals surface area contributed by atoms with Crippen LogP contribution in [0.2, 0.25) is 0 Å². The molecule has 3 atom stereocenters. The lowest BCUT2D eigenvalue weighted by Gasteiger charge is -2.14. The Bertz CT molecular complexity index is 449. The third kappa shape index (κ3) is 2.29. The number of nitrogens with two attached hydrogens (primary N) is 1. The van der Waals surface area contributed by atoms with Gasteiger partial charge in [0.1, 0.15) is 12.3 Å². The fourth-order valence-corrected chi connectivity index (χ4v) is 1.73. The van der Waals surface area contributed by atoms with Crippen molar-refractivity contribution in [1.29, 1.82) is 0 Å². The Kier molecular flexibility index (Phi) is 3.38. The minimum absolute atomic E-state index is 0.00324. The standard InChI is InChI=1S/C9H13N3O5/c10-17-7-1-2-12(9(15)11-7)8-3-5(14)6(4-13)16-8/h1-2,5-6,8,13-14H,3-4,10H2/t5-,6-,8-/m1/s1. The minimum atomic E-state index is -0.803. The molecule has 0 saturated carbocycles. The van der Waals surface area contributed by atoms with E-state index in [1.165, 1.54) is 16.8 Å². The van der Waals surface area contributed by atoms with Gasteiger partial charge in [0.25, 0.3) is 0 Å². The quantitative estimate of drug-likeness (QED) is 0.532. The Morgan fingerprint density at radius 3 is 3.00 bits per heavy atom. The molecule has 0 unspecified atom stereocenters. The molecule has 1 aromatic rings. The highest BCUT2D eigenvalue weighted by molar-refractivity contribution is 5.05. The van der Waals surface area contributed by atoms with Crippen molar-refractivity contribution in [2.45, 2.75) is 24.9 Å². The van der Waals surface area contributed by atoms with Crippen LogP contribution in [0.1, 0.15) is 12.6 Å². The number of aliphatic hydroxyl groups excluding tert-OH is 2. The van der Waals surface area contributed by atoms with E-state index in [4.69, 9.17) is 15.7 Å². The van der Waals surface area contributed by atoms with Gasteiger partial charge in [0.15, 0.2) is 0 Å². The maximum atomic E-state index is 11.6. The van der Waals surface area contributed by atoms with Crippen LogP contribution < -0.4 is 16.4 Å². The fraction of sp³-hybridized carbons (Fsp3) is 0.556. The number of rotatable bonds is 3. The monoisotopic (exact) mass is 243 g/mol. The first-order valence-corrected chi connectivity index (χ1v) is 5.06. The van der Waals surface area contributed by atoms with E-state index < -0.39 is 24.1 Å². The Balaban J connectivity index is 2.22. The molecule has 8 heteroatoms. The number of ether oxygens (including phenoxy) is 1. The van der Waals surface area contributed by atoms with Crippen LogP contribution in [0.4, 0.5) is 0 Å². The smallest absolute Gasteiger partial charge is 0.353 e. The summed E-state index contributed by atoms with van der Waals surface area (Å²) in [6.07, 6.45) is -0.502. The molecule has 0 aromatic carbocycles. The molecule has 2 heterocycles. The van der Waals surface area contributed by atoms with Gasteiger partial charge in [-0.3, -0.25) is 4.57 Å². The zero-order valence-electron chi connectivity index (χ0n) is 8.89. The summed E-state index contributed by atoms with van der Waals surface area (Å²) in [6, 6.07) is 1.41. The molecule has 0 bridgehead atoms. The van der Waals surface area contributed by atoms with Crippen LogP contribution in [0.5, 0.6) is 5.88 Å². The van der Waals surface area contributed by atoms with Gasteiger partial charge in [-0.05, 0) is 0 Å². The predicted molar refractivity (Wildman–Crippen MR) is 54.9 cm³/mol. The number of aliphatic hydroxyl groups is 2. The molecule has 4 N–H and O–H groups in total. The molecular weight excluding hydrogens is 230 g/mol. The second-order valence-electron chi connectivity index (χ2n) is 3.69.